The van der Waals surface area contributed by atoms with Crippen LogP contribution in [0.5, 0.6) is 11.5 Å². The van der Waals surface area contributed by atoms with Crippen molar-refractivity contribution in [2.45, 2.75) is 17.9 Å². The van der Waals surface area contributed by atoms with Gasteiger partial charge in [0, 0.05) is 24.7 Å². The smallest absolute Gasteiger partial charge is 0.320 e. The third-order valence-electron chi connectivity index (χ3n) is 4.97. The Hall–Kier alpha value is -2.70. The minimum atomic E-state index is -4.08. The molecule has 2 aromatic carbocycles. The van der Waals surface area contributed by atoms with E-state index in [2.05, 4.69) is 0 Å². The van der Waals surface area contributed by atoms with Gasteiger partial charge in [0.15, 0.2) is 0 Å². The molecule has 12 heteroatoms. The number of carbonyl (C=O) groups is 2. The van der Waals surface area contributed by atoms with Crippen LogP contribution in [0.15, 0.2) is 53.4 Å². The van der Waals surface area contributed by atoms with Gasteiger partial charge in [-0.1, -0.05) is 11.6 Å². The molecule has 33 heavy (non-hydrogen) atoms. The van der Waals surface area contributed by atoms with Crippen molar-refractivity contribution in [2.24, 2.45) is 0 Å². The Balaban J connectivity index is 1.76. The van der Waals surface area contributed by atoms with E-state index in [-0.39, 0.29) is 37.7 Å². The van der Waals surface area contributed by atoms with Crippen molar-refractivity contribution in [1.82, 2.24) is 14.7 Å². The van der Waals surface area contributed by atoms with E-state index in [9.17, 15) is 18.0 Å². The molecule has 0 aromatic heterocycles. The zero-order chi connectivity index (χ0) is 24.0. The van der Waals surface area contributed by atoms with Crippen LogP contribution in [0, 0.1) is 0 Å². The first kappa shape index (κ1) is 24.9. The minimum Gasteiger partial charge on any atom is -0.465 e. The molecule has 1 unspecified atom stereocenters. The summed E-state index contributed by atoms with van der Waals surface area (Å²) in [6, 6.07) is 11.2. The van der Waals surface area contributed by atoms with E-state index in [1.807, 2.05) is 0 Å². The van der Waals surface area contributed by atoms with Crippen LogP contribution in [0.3, 0.4) is 0 Å². The van der Waals surface area contributed by atoms with Crippen LogP contribution in [0.1, 0.15) is 6.92 Å². The normalized spacial score (nSPS) is 17.4. The fourth-order valence-electron chi connectivity index (χ4n) is 3.39. The van der Waals surface area contributed by atoms with E-state index in [4.69, 9.17) is 26.3 Å². The number of esters is 1. The lowest BCUT2D eigenvalue weighted by molar-refractivity contribution is -0.146. The van der Waals surface area contributed by atoms with Gasteiger partial charge in [0.1, 0.15) is 17.5 Å². The van der Waals surface area contributed by atoms with E-state index in [0.717, 1.165) is 4.31 Å². The van der Waals surface area contributed by atoms with E-state index < -0.39 is 27.9 Å². The topological polar surface area (TPSA) is 125 Å². The lowest BCUT2D eigenvalue weighted by atomic mass is 10.2. The number of rotatable bonds is 8. The lowest BCUT2D eigenvalue weighted by Crippen LogP contribution is -2.60. The van der Waals surface area contributed by atoms with Gasteiger partial charge < -0.3 is 9.47 Å². The summed E-state index contributed by atoms with van der Waals surface area (Å²) in [7, 11) is -4.08. The fraction of sp³-hybridized carbons (Fsp3) is 0.333. The van der Waals surface area contributed by atoms with Crippen LogP contribution in [-0.4, -0.2) is 73.5 Å². The van der Waals surface area contributed by atoms with Crippen LogP contribution in [0.25, 0.3) is 0 Å². The molecular formula is C21H24ClN3O7S. The molecule has 2 N–H and O–H groups in total. The Bertz CT molecular complexity index is 1080. The molecule has 0 aliphatic carbocycles. The number of hydrogen-bond donors (Lipinski definition) is 2. The van der Waals surface area contributed by atoms with Gasteiger partial charge in [0.25, 0.3) is 5.91 Å². The first-order chi connectivity index (χ1) is 15.7. The number of nitrogens with zero attached hydrogens (tertiary/aromatic N) is 2. The van der Waals surface area contributed by atoms with Gasteiger partial charge in [-0.2, -0.15) is 4.31 Å². The van der Waals surface area contributed by atoms with Gasteiger partial charge >= 0.3 is 5.97 Å². The molecular weight excluding hydrogens is 474 g/mol. The van der Waals surface area contributed by atoms with Crippen molar-refractivity contribution in [3.8, 4) is 11.5 Å². The number of ether oxygens (including phenoxy) is 2. The summed E-state index contributed by atoms with van der Waals surface area (Å²) in [6.45, 7) is 1.88. The summed E-state index contributed by atoms with van der Waals surface area (Å²) >= 11 is 5.85. The standard InChI is InChI=1S/C21H24ClN3O7S/c1-2-31-20(26)14-24-11-12-25(19(13-24)21(27)23-28)33(29,30)18-9-7-17(8-10-18)32-16-5-3-15(22)4-6-16/h3-10,19,28H,2,11-14H2,1H3,(H,23,27). The van der Waals surface area contributed by atoms with Gasteiger partial charge in [0.2, 0.25) is 10.0 Å². The Morgan fingerprint density at radius 1 is 1.09 bits per heavy atom. The molecule has 1 heterocycles. The van der Waals surface area contributed by atoms with Crippen LogP contribution >= 0.6 is 11.6 Å². The molecule has 3 rings (SSSR count). The molecule has 2 aromatic rings. The Morgan fingerprint density at radius 3 is 2.27 bits per heavy atom. The van der Waals surface area contributed by atoms with Gasteiger partial charge in [-0.3, -0.25) is 19.7 Å². The largest absolute Gasteiger partial charge is 0.465 e. The zero-order valence-corrected chi connectivity index (χ0v) is 19.4. The van der Waals surface area contributed by atoms with E-state index in [1.165, 1.54) is 29.7 Å². The molecule has 10 nitrogen and oxygen atoms in total. The van der Waals surface area contributed by atoms with E-state index in [0.29, 0.717) is 16.5 Å². The maximum absolute atomic E-state index is 13.3. The van der Waals surface area contributed by atoms with Crippen molar-refractivity contribution in [3.63, 3.8) is 0 Å². The Labute approximate surface area is 196 Å². The average Bonchev–Trinajstić information content (AvgIpc) is 2.80. The number of nitrogens with one attached hydrogen (secondary N) is 1. The minimum absolute atomic E-state index is 0.0412. The maximum atomic E-state index is 13.3. The average molecular weight is 498 g/mol. The summed E-state index contributed by atoms with van der Waals surface area (Å²) in [5, 5.41) is 9.69. The van der Waals surface area contributed by atoms with Crippen molar-refractivity contribution in [1.29, 1.82) is 0 Å². The highest BCUT2D eigenvalue weighted by molar-refractivity contribution is 7.89. The number of halogens is 1. The van der Waals surface area contributed by atoms with Crippen molar-refractivity contribution >= 4 is 33.5 Å². The van der Waals surface area contributed by atoms with Crippen molar-refractivity contribution in [3.05, 3.63) is 53.6 Å². The molecule has 178 valence electrons. The SMILES string of the molecule is CCOC(=O)CN1CCN(S(=O)(=O)c2ccc(Oc3ccc(Cl)cc3)cc2)C(C(=O)NO)C1. The zero-order valence-electron chi connectivity index (χ0n) is 17.8. The molecule has 1 saturated heterocycles. The molecule has 1 aliphatic heterocycles. The molecule has 1 aliphatic rings. The first-order valence-corrected chi connectivity index (χ1v) is 11.9. The van der Waals surface area contributed by atoms with Gasteiger partial charge in [-0.15, -0.1) is 0 Å². The third kappa shape index (κ3) is 6.21. The number of amides is 1. The van der Waals surface area contributed by atoms with Gasteiger partial charge in [-0.05, 0) is 55.5 Å². The summed E-state index contributed by atoms with van der Waals surface area (Å²) in [6.07, 6.45) is 0. The number of benzene rings is 2. The predicted octanol–water partition coefficient (Wildman–Crippen LogP) is 1.88. The highest BCUT2D eigenvalue weighted by atomic mass is 35.5. The van der Waals surface area contributed by atoms with Crippen molar-refractivity contribution < 1.29 is 32.7 Å². The van der Waals surface area contributed by atoms with Gasteiger partial charge in [-0.25, -0.2) is 13.9 Å². The monoisotopic (exact) mass is 497 g/mol. The number of hydrogen-bond acceptors (Lipinski definition) is 8. The summed E-state index contributed by atoms with van der Waals surface area (Å²) in [5.41, 5.74) is 1.51. The number of sulfonamides is 1. The molecule has 0 radical (unpaired) electrons. The van der Waals surface area contributed by atoms with Crippen LogP contribution in [-0.2, 0) is 24.3 Å². The number of hydroxylamine groups is 1. The third-order valence-corrected chi connectivity index (χ3v) is 7.14. The van der Waals surface area contributed by atoms with Crippen LogP contribution in [0.4, 0.5) is 0 Å². The Kier molecular flexibility index (Phi) is 8.27. The maximum Gasteiger partial charge on any atom is 0.320 e. The lowest BCUT2D eigenvalue weighted by Gasteiger charge is -2.38. The molecule has 1 fully saturated rings. The van der Waals surface area contributed by atoms with E-state index >= 15 is 0 Å². The summed E-state index contributed by atoms with van der Waals surface area (Å²) < 4.78 is 38.1. The molecule has 0 spiro atoms. The number of piperazine rings is 1. The Morgan fingerprint density at radius 2 is 1.70 bits per heavy atom. The second-order valence-corrected chi connectivity index (χ2v) is 9.50. The highest BCUT2D eigenvalue weighted by Gasteiger charge is 2.40. The van der Waals surface area contributed by atoms with Crippen LogP contribution in [0.2, 0.25) is 5.02 Å². The van der Waals surface area contributed by atoms with Crippen molar-refractivity contribution in [2.75, 3.05) is 32.8 Å². The molecule has 1 amide bonds. The summed E-state index contributed by atoms with van der Waals surface area (Å²) in [4.78, 5) is 25.6. The quantitative estimate of drug-likeness (QED) is 0.321. The second kappa shape index (κ2) is 10.9. The molecule has 0 saturated carbocycles. The highest BCUT2D eigenvalue weighted by Crippen LogP contribution is 2.27. The first-order valence-electron chi connectivity index (χ1n) is 10.1. The van der Waals surface area contributed by atoms with Gasteiger partial charge in [0.05, 0.1) is 18.0 Å². The molecule has 0 bridgehead atoms. The second-order valence-electron chi connectivity index (χ2n) is 7.18. The van der Waals surface area contributed by atoms with E-state index in [1.54, 1.807) is 36.1 Å². The summed E-state index contributed by atoms with van der Waals surface area (Å²) in [5.74, 6) is -0.421. The number of carbonyl (C=O) groups excluding carboxylic acids is 2. The van der Waals surface area contributed by atoms with Crippen LogP contribution < -0.4 is 10.2 Å². The predicted molar refractivity (Wildman–Crippen MR) is 119 cm³/mol. The fourth-order valence-corrected chi connectivity index (χ4v) is 5.08. The molecule has 1 atom stereocenters.